The molecule has 2 aliphatic rings. The van der Waals surface area contributed by atoms with Crippen LogP contribution in [0.4, 0.5) is 0 Å². The lowest BCUT2D eigenvalue weighted by atomic mass is 9.91. The Balaban J connectivity index is 1.14. The number of hydrogen-bond donors (Lipinski definition) is 0. The van der Waals surface area contributed by atoms with E-state index in [1.54, 1.807) is 6.20 Å². The van der Waals surface area contributed by atoms with Crippen molar-refractivity contribution in [2.45, 2.75) is 52.0 Å². The van der Waals surface area contributed by atoms with E-state index in [2.05, 4.69) is 40.2 Å². The maximum Gasteiger partial charge on any atom is 0.173 e. The Morgan fingerprint density at radius 1 is 1.12 bits per heavy atom. The molecule has 3 heterocycles. The van der Waals surface area contributed by atoms with Gasteiger partial charge in [-0.1, -0.05) is 5.16 Å². The molecule has 0 unspecified atom stereocenters. The summed E-state index contributed by atoms with van der Waals surface area (Å²) in [5, 5.41) is 14.8. The number of piperidine rings is 1. The minimum absolute atomic E-state index is 0.684. The first-order valence-corrected chi connectivity index (χ1v) is 11.8. The fourth-order valence-electron chi connectivity index (χ4n) is 4.65. The van der Waals surface area contributed by atoms with Crippen LogP contribution in [0.3, 0.4) is 0 Å². The van der Waals surface area contributed by atoms with Gasteiger partial charge in [0.1, 0.15) is 11.8 Å². The molecule has 6 heteroatoms. The predicted molar refractivity (Wildman–Crippen MR) is 122 cm³/mol. The van der Waals surface area contributed by atoms with E-state index in [0.717, 1.165) is 78.7 Å². The first-order valence-electron chi connectivity index (χ1n) is 11.8. The number of aryl methyl sites for hydroxylation is 2. The van der Waals surface area contributed by atoms with Crippen molar-refractivity contribution >= 4 is 11.0 Å². The van der Waals surface area contributed by atoms with Crippen molar-refractivity contribution in [1.29, 1.82) is 5.26 Å². The van der Waals surface area contributed by atoms with Gasteiger partial charge in [0.05, 0.1) is 23.6 Å². The Bertz CT molecular complexity index is 1120. The molecule has 166 valence electrons. The summed E-state index contributed by atoms with van der Waals surface area (Å²) in [6.45, 7) is 5.73. The van der Waals surface area contributed by atoms with Gasteiger partial charge in [0, 0.05) is 23.7 Å². The fourth-order valence-corrected chi connectivity index (χ4v) is 4.65. The minimum Gasteiger partial charge on any atom is -0.493 e. The van der Waals surface area contributed by atoms with E-state index in [1.165, 1.54) is 25.7 Å². The molecule has 0 spiro atoms. The predicted octanol–water partition coefficient (Wildman–Crippen LogP) is 5.04. The van der Waals surface area contributed by atoms with Crippen LogP contribution in [-0.4, -0.2) is 34.7 Å². The maximum absolute atomic E-state index is 9.28. The molecule has 1 saturated heterocycles. The van der Waals surface area contributed by atoms with Crippen molar-refractivity contribution in [3.8, 4) is 11.8 Å². The monoisotopic (exact) mass is 430 g/mol. The normalized spacial score (nSPS) is 17.5. The Labute approximate surface area is 189 Å². The fraction of sp³-hybridized carbons (Fsp3) is 0.500. The summed E-state index contributed by atoms with van der Waals surface area (Å²) < 4.78 is 11.7. The summed E-state index contributed by atoms with van der Waals surface area (Å²) in [5.41, 5.74) is 4.56. The molecule has 3 aromatic rings. The van der Waals surface area contributed by atoms with E-state index in [9.17, 15) is 5.26 Å². The molecule has 0 bridgehead atoms. The molecule has 1 aromatic carbocycles. The Morgan fingerprint density at radius 2 is 1.97 bits per heavy atom. The zero-order chi connectivity index (χ0) is 21.9. The van der Waals surface area contributed by atoms with Crippen LogP contribution in [0.5, 0.6) is 5.75 Å². The maximum atomic E-state index is 9.28. The molecule has 1 aliphatic heterocycles. The van der Waals surface area contributed by atoms with Crippen LogP contribution >= 0.6 is 0 Å². The van der Waals surface area contributed by atoms with Crippen molar-refractivity contribution in [3.05, 3.63) is 53.0 Å². The van der Waals surface area contributed by atoms with Gasteiger partial charge in [-0.05, 0) is 94.6 Å². The molecule has 5 rings (SSSR count). The van der Waals surface area contributed by atoms with Crippen molar-refractivity contribution in [1.82, 2.24) is 15.0 Å². The summed E-state index contributed by atoms with van der Waals surface area (Å²) in [4.78, 5) is 6.82. The van der Waals surface area contributed by atoms with Crippen LogP contribution in [0, 0.1) is 30.1 Å². The highest BCUT2D eigenvalue weighted by Gasteiger charge is 2.24. The molecule has 0 N–H and O–H groups in total. The molecule has 0 atom stereocenters. The average molecular weight is 431 g/mol. The van der Waals surface area contributed by atoms with E-state index < -0.39 is 0 Å². The summed E-state index contributed by atoms with van der Waals surface area (Å²) in [7, 11) is 0. The number of benzene rings is 1. The second-order valence-electron chi connectivity index (χ2n) is 9.32. The van der Waals surface area contributed by atoms with Crippen molar-refractivity contribution in [2.75, 3.05) is 19.7 Å². The van der Waals surface area contributed by atoms with Gasteiger partial charge in [0.15, 0.2) is 5.58 Å². The molecule has 32 heavy (non-hydrogen) atoms. The number of fused-ring (bicyclic) bond motifs is 1. The zero-order valence-electron chi connectivity index (χ0n) is 18.7. The number of nitrogens with zero attached hydrogens (tertiary/aromatic N) is 4. The molecule has 0 radical (unpaired) electrons. The van der Waals surface area contributed by atoms with E-state index in [1.807, 2.05) is 12.1 Å². The number of likely N-dealkylation sites (tertiary alicyclic amines) is 1. The highest BCUT2D eigenvalue weighted by Crippen LogP contribution is 2.34. The van der Waals surface area contributed by atoms with E-state index in [0.29, 0.717) is 11.5 Å². The Morgan fingerprint density at radius 3 is 2.75 bits per heavy atom. The number of nitriles is 1. The van der Waals surface area contributed by atoms with Gasteiger partial charge in [-0.15, -0.1) is 0 Å². The second-order valence-corrected chi connectivity index (χ2v) is 9.32. The number of rotatable bonds is 8. The van der Waals surface area contributed by atoms with Crippen molar-refractivity contribution in [2.24, 2.45) is 11.8 Å². The van der Waals surface area contributed by atoms with Crippen LogP contribution in [0.2, 0.25) is 0 Å². The summed E-state index contributed by atoms with van der Waals surface area (Å²) in [6, 6.07) is 10.1. The van der Waals surface area contributed by atoms with Gasteiger partial charge in [-0.25, -0.2) is 0 Å². The topological polar surface area (TPSA) is 75.2 Å². The van der Waals surface area contributed by atoms with E-state index in [-0.39, 0.29) is 0 Å². The zero-order valence-corrected chi connectivity index (χ0v) is 18.7. The third kappa shape index (κ3) is 4.63. The summed E-state index contributed by atoms with van der Waals surface area (Å²) >= 11 is 0. The van der Waals surface area contributed by atoms with Crippen LogP contribution in [0.1, 0.15) is 54.6 Å². The lowest BCUT2D eigenvalue weighted by molar-refractivity contribution is 0.170. The standard InChI is InChI=1S/C26H30N4O2/c1-18-25(31-17-20-4-5-20)9-7-22-23(29-32-26(18)22)8-6-19-10-13-30(14-11-19)16-24-21(15-27)3-2-12-28-24/h2-3,7,9,12,19-20H,4-6,8,10-11,13-14,16-17H2,1H3. The van der Waals surface area contributed by atoms with Gasteiger partial charge in [0.2, 0.25) is 0 Å². The van der Waals surface area contributed by atoms with Gasteiger partial charge in [0.25, 0.3) is 0 Å². The number of pyridine rings is 1. The molecule has 2 aromatic heterocycles. The third-order valence-corrected chi connectivity index (χ3v) is 6.97. The van der Waals surface area contributed by atoms with Crippen LogP contribution in [0.15, 0.2) is 35.0 Å². The van der Waals surface area contributed by atoms with Gasteiger partial charge >= 0.3 is 0 Å². The Hall–Kier alpha value is -2.91. The lowest BCUT2D eigenvalue weighted by Gasteiger charge is -2.31. The van der Waals surface area contributed by atoms with Crippen molar-refractivity contribution in [3.63, 3.8) is 0 Å². The number of aromatic nitrogens is 2. The van der Waals surface area contributed by atoms with E-state index >= 15 is 0 Å². The molecule has 6 nitrogen and oxygen atoms in total. The third-order valence-electron chi connectivity index (χ3n) is 6.97. The molecule has 1 aliphatic carbocycles. The van der Waals surface area contributed by atoms with Gasteiger partial charge in [-0.3, -0.25) is 9.88 Å². The average Bonchev–Trinajstić information content (AvgIpc) is 3.56. The first-order chi connectivity index (χ1) is 15.7. The molecular weight excluding hydrogens is 400 g/mol. The van der Waals surface area contributed by atoms with Gasteiger partial charge < -0.3 is 9.26 Å². The smallest absolute Gasteiger partial charge is 0.173 e. The highest BCUT2D eigenvalue weighted by molar-refractivity contribution is 5.84. The molecular formula is C26H30N4O2. The van der Waals surface area contributed by atoms with Crippen molar-refractivity contribution < 1.29 is 9.26 Å². The van der Waals surface area contributed by atoms with E-state index in [4.69, 9.17) is 9.26 Å². The van der Waals surface area contributed by atoms with Crippen LogP contribution < -0.4 is 4.74 Å². The largest absolute Gasteiger partial charge is 0.493 e. The molecule has 0 amide bonds. The molecule has 2 fully saturated rings. The summed E-state index contributed by atoms with van der Waals surface area (Å²) in [6.07, 6.45) is 8.76. The first kappa shape index (κ1) is 21.0. The second kappa shape index (κ2) is 9.30. The number of hydrogen-bond acceptors (Lipinski definition) is 6. The minimum atomic E-state index is 0.684. The SMILES string of the molecule is Cc1c(OCC2CC2)ccc2c(CCC3CCN(Cc4ncccc4C#N)CC3)noc12. The lowest BCUT2D eigenvalue weighted by Crippen LogP contribution is -2.33. The van der Waals surface area contributed by atoms with Gasteiger partial charge in [-0.2, -0.15) is 5.26 Å². The molecule has 1 saturated carbocycles. The summed E-state index contributed by atoms with van der Waals surface area (Å²) in [5.74, 6) is 2.35. The Kier molecular flexibility index (Phi) is 6.09. The van der Waals surface area contributed by atoms with Crippen LogP contribution in [-0.2, 0) is 13.0 Å². The highest BCUT2D eigenvalue weighted by atomic mass is 16.5. The number of ether oxygens (including phenoxy) is 1. The van der Waals surface area contributed by atoms with Crippen LogP contribution in [0.25, 0.3) is 11.0 Å². The quantitative estimate of drug-likeness (QED) is 0.499.